The number of aliphatic hydroxyl groups is 1. The molecule has 0 aliphatic carbocycles. The Kier molecular flexibility index (Phi) is 5.02. The topological polar surface area (TPSA) is 20.2 Å². The largest absolute Gasteiger partial charge is 0.396 e. The summed E-state index contributed by atoms with van der Waals surface area (Å²) < 4.78 is 0. The standard InChI is InChI=1S/C11H12Cl2O/c12-10-6-5-9(8-11(10)13)4-2-1-3-7-14/h2,4-6,8,14H,1,3,7H2. The number of aliphatic hydroxyl groups excluding tert-OH is 1. The lowest BCUT2D eigenvalue weighted by molar-refractivity contribution is 0.290. The molecule has 1 aromatic rings. The van der Waals surface area contributed by atoms with Gasteiger partial charge in [0.1, 0.15) is 0 Å². The van der Waals surface area contributed by atoms with Gasteiger partial charge in [0.15, 0.2) is 0 Å². The van der Waals surface area contributed by atoms with Gasteiger partial charge in [-0.1, -0.05) is 41.4 Å². The summed E-state index contributed by atoms with van der Waals surface area (Å²) in [4.78, 5) is 0. The average Bonchev–Trinajstić information content (AvgIpc) is 2.18. The quantitative estimate of drug-likeness (QED) is 0.782. The molecule has 0 unspecified atom stereocenters. The third-order valence-electron chi connectivity index (χ3n) is 1.78. The molecule has 76 valence electrons. The lowest BCUT2D eigenvalue weighted by atomic mass is 10.2. The Morgan fingerprint density at radius 1 is 1.21 bits per heavy atom. The van der Waals surface area contributed by atoms with Crippen molar-refractivity contribution in [2.24, 2.45) is 0 Å². The summed E-state index contributed by atoms with van der Waals surface area (Å²) in [5.74, 6) is 0. The molecule has 0 radical (unpaired) electrons. The summed E-state index contributed by atoms with van der Waals surface area (Å²) in [6.45, 7) is 0.228. The second kappa shape index (κ2) is 6.07. The molecule has 0 heterocycles. The van der Waals surface area contributed by atoms with Gasteiger partial charge >= 0.3 is 0 Å². The molecule has 0 fully saturated rings. The summed E-state index contributed by atoms with van der Waals surface area (Å²) in [7, 11) is 0. The fourth-order valence-electron chi connectivity index (χ4n) is 1.04. The summed E-state index contributed by atoms with van der Waals surface area (Å²) >= 11 is 11.6. The van der Waals surface area contributed by atoms with Gasteiger partial charge in [-0.3, -0.25) is 0 Å². The normalized spacial score (nSPS) is 11.1. The SMILES string of the molecule is OCCCC=Cc1ccc(Cl)c(Cl)c1. The second-order valence-corrected chi connectivity index (χ2v) is 3.76. The summed E-state index contributed by atoms with van der Waals surface area (Å²) in [6.07, 6.45) is 5.64. The first-order valence-electron chi connectivity index (χ1n) is 4.46. The van der Waals surface area contributed by atoms with Crippen LogP contribution in [0.2, 0.25) is 10.0 Å². The molecule has 0 saturated heterocycles. The van der Waals surface area contributed by atoms with E-state index < -0.39 is 0 Å². The number of hydrogen-bond acceptors (Lipinski definition) is 1. The number of unbranched alkanes of at least 4 members (excludes halogenated alkanes) is 1. The smallest absolute Gasteiger partial charge is 0.0598 e. The highest BCUT2D eigenvalue weighted by molar-refractivity contribution is 6.42. The van der Waals surface area contributed by atoms with Crippen molar-refractivity contribution >= 4 is 29.3 Å². The van der Waals surface area contributed by atoms with E-state index in [-0.39, 0.29) is 6.61 Å². The van der Waals surface area contributed by atoms with E-state index in [1.165, 1.54) is 0 Å². The molecule has 1 rings (SSSR count). The molecule has 0 atom stereocenters. The van der Waals surface area contributed by atoms with Crippen LogP contribution in [0.3, 0.4) is 0 Å². The highest BCUT2D eigenvalue weighted by Crippen LogP contribution is 2.23. The number of rotatable bonds is 4. The molecule has 0 aliphatic heterocycles. The van der Waals surface area contributed by atoms with E-state index in [4.69, 9.17) is 28.3 Å². The number of allylic oxidation sites excluding steroid dienone is 1. The first-order chi connectivity index (χ1) is 6.74. The van der Waals surface area contributed by atoms with Crippen LogP contribution in [0.4, 0.5) is 0 Å². The second-order valence-electron chi connectivity index (χ2n) is 2.94. The summed E-state index contributed by atoms with van der Waals surface area (Å²) in [6, 6.07) is 5.50. The molecule has 0 saturated carbocycles. The van der Waals surface area contributed by atoms with Gasteiger partial charge < -0.3 is 5.11 Å². The van der Waals surface area contributed by atoms with Gasteiger partial charge in [-0.05, 0) is 30.5 Å². The third kappa shape index (κ3) is 3.70. The van der Waals surface area contributed by atoms with E-state index in [0.29, 0.717) is 10.0 Å². The van der Waals surface area contributed by atoms with Crippen LogP contribution >= 0.6 is 23.2 Å². The molecular weight excluding hydrogens is 219 g/mol. The molecular formula is C11H12Cl2O. The fourth-order valence-corrected chi connectivity index (χ4v) is 1.35. The summed E-state index contributed by atoms with van der Waals surface area (Å²) in [5, 5.41) is 9.71. The van der Waals surface area contributed by atoms with Gasteiger partial charge in [0.05, 0.1) is 10.0 Å². The lowest BCUT2D eigenvalue weighted by Gasteiger charge is -1.97. The molecule has 0 amide bonds. The molecule has 14 heavy (non-hydrogen) atoms. The molecule has 0 aliphatic rings. The minimum atomic E-state index is 0.228. The average molecular weight is 231 g/mol. The highest BCUT2D eigenvalue weighted by Gasteiger charge is 1.95. The van der Waals surface area contributed by atoms with Gasteiger partial charge in [-0.15, -0.1) is 0 Å². The van der Waals surface area contributed by atoms with Gasteiger partial charge in [0.2, 0.25) is 0 Å². The van der Waals surface area contributed by atoms with E-state index in [2.05, 4.69) is 0 Å². The molecule has 0 bridgehead atoms. The van der Waals surface area contributed by atoms with E-state index in [9.17, 15) is 0 Å². The van der Waals surface area contributed by atoms with Crippen molar-refractivity contribution in [1.29, 1.82) is 0 Å². The van der Waals surface area contributed by atoms with E-state index >= 15 is 0 Å². The minimum absolute atomic E-state index is 0.228. The van der Waals surface area contributed by atoms with Crippen LogP contribution in [0.1, 0.15) is 18.4 Å². The van der Waals surface area contributed by atoms with Crippen molar-refractivity contribution in [3.8, 4) is 0 Å². The van der Waals surface area contributed by atoms with Crippen molar-refractivity contribution in [2.45, 2.75) is 12.8 Å². The lowest BCUT2D eigenvalue weighted by Crippen LogP contribution is -1.78. The summed E-state index contributed by atoms with van der Waals surface area (Å²) in [5.41, 5.74) is 1.03. The number of benzene rings is 1. The van der Waals surface area contributed by atoms with E-state index in [1.807, 2.05) is 24.3 Å². The van der Waals surface area contributed by atoms with E-state index in [0.717, 1.165) is 18.4 Å². The van der Waals surface area contributed by atoms with Crippen LogP contribution in [0, 0.1) is 0 Å². The maximum Gasteiger partial charge on any atom is 0.0598 e. The van der Waals surface area contributed by atoms with Crippen LogP contribution in [0.5, 0.6) is 0 Å². The van der Waals surface area contributed by atoms with Crippen LogP contribution in [0.15, 0.2) is 24.3 Å². The molecule has 0 aromatic heterocycles. The van der Waals surface area contributed by atoms with Gasteiger partial charge in [-0.25, -0.2) is 0 Å². The zero-order valence-electron chi connectivity index (χ0n) is 7.71. The van der Waals surface area contributed by atoms with Crippen LogP contribution < -0.4 is 0 Å². The number of hydrogen-bond donors (Lipinski definition) is 1. The number of halogens is 2. The highest BCUT2D eigenvalue weighted by atomic mass is 35.5. The molecule has 1 N–H and O–H groups in total. The van der Waals surface area contributed by atoms with Crippen LogP contribution in [0.25, 0.3) is 6.08 Å². The zero-order chi connectivity index (χ0) is 10.4. The van der Waals surface area contributed by atoms with Crippen molar-refractivity contribution in [1.82, 2.24) is 0 Å². The Morgan fingerprint density at radius 2 is 2.00 bits per heavy atom. The Morgan fingerprint density at radius 3 is 2.64 bits per heavy atom. The maximum atomic E-state index is 8.57. The Hall–Kier alpha value is -0.500. The Balaban J connectivity index is 2.59. The van der Waals surface area contributed by atoms with Crippen molar-refractivity contribution in [3.05, 3.63) is 39.9 Å². The minimum Gasteiger partial charge on any atom is -0.396 e. The monoisotopic (exact) mass is 230 g/mol. The Labute approximate surface area is 94.0 Å². The molecule has 1 nitrogen and oxygen atoms in total. The third-order valence-corrected chi connectivity index (χ3v) is 2.52. The zero-order valence-corrected chi connectivity index (χ0v) is 9.22. The van der Waals surface area contributed by atoms with Gasteiger partial charge in [0.25, 0.3) is 0 Å². The first kappa shape index (κ1) is 11.6. The Bertz CT molecular complexity index is 321. The van der Waals surface area contributed by atoms with Gasteiger partial charge in [-0.2, -0.15) is 0 Å². The van der Waals surface area contributed by atoms with Crippen molar-refractivity contribution in [3.63, 3.8) is 0 Å². The van der Waals surface area contributed by atoms with Crippen molar-refractivity contribution < 1.29 is 5.11 Å². The molecule has 1 aromatic carbocycles. The predicted molar refractivity (Wildman–Crippen MR) is 61.8 cm³/mol. The molecule has 0 spiro atoms. The van der Waals surface area contributed by atoms with Crippen molar-refractivity contribution in [2.75, 3.05) is 6.61 Å². The van der Waals surface area contributed by atoms with Crippen LogP contribution in [-0.4, -0.2) is 11.7 Å². The molecule has 3 heteroatoms. The van der Waals surface area contributed by atoms with Gasteiger partial charge in [0, 0.05) is 6.61 Å². The predicted octanol–water partition coefficient (Wildman–Crippen LogP) is 3.78. The van der Waals surface area contributed by atoms with Crippen LogP contribution in [-0.2, 0) is 0 Å². The fraction of sp³-hybridized carbons (Fsp3) is 0.273. The van der Waals surface area contributed by atoms with E-state index in [1.54, 1.807) is 6.07 Å². The first-order valence-corrected chi connectivity index (χ1v) is 5.22. The maximum absolute atomic E-state index is 8.57.